The average molecular weight is 292 g/mol. The molecule has 0 saturated carbocycles. The van der Waals surface area contributed by atoms with Crippen LogP contribution in [-0.2, 0) is 4.79 Å². The molecule has 0 bridgehead atoms. The summed E-state index contributed by atoms with van der Waals surface area (Å²) in [7, 11) is 0. The quantitative estimate of drug-likeness (QED) is 0.840. The summed E-state index contributed by atoms with van der Waals surface area (Å²) in [5.41, 5.74) is -0.679. The third kappa shape index (κ3) is 3.01. The van der Waals surface area contributed by atoms with Crippen LogP contribution < -0.4 is 5.32 Å². The predicted molar refractivity (Wildman–Crippen MR) is 62.1 cm³/mol. The van der Waals surface area contributed by atoms with Crippen LogP contribution in [0.1, 0.15) is 20.8 Å². The lowest BCUT2D eigenvalue weighted by Crippen LogP contribution is -2.28. The standard InChI is InChI=1S/C11H12BrF2NO/c1-11(2,3)10(16)15-9-7(12)4-6(13)5-8(9)14/h4-5H,1-3H3,(H,15,16). The number of hydrogen-bond donors (Lipinski definition) is 1. The van der Waals surface area contributed by atoms with Gasteiger partial charge in [-0.1, -0.05) is 20.8 Å². The van der Waals surface area contributed by atoms with Crippen molar-refractivity contribution in [1.29, 1.82) is 0 Å². The van der Waals surface area contributed by atoms with Crippen LogP contribution in [0.3, 0.4) is 0 Å². The van der Waals surface area contributed by atoms with Gasteiger partial charge in [0.1, 0.15) is 5.82 Å². The normalized spacial score (nSPS) is 11.4. The highest BCUT2D eigenvalue weighted by molar-refractivity contribution is 9.10. The van der Waals surface area contributed by atoms with Crippen LogP contribution in [0, 0.1) is 17.0 Å². The van der Waals surface area contributed by atoms with E-state index in [1.165, 1.54) is 0 Å². The van der Waals surface area contributed by atoms with Crippen molar-refractivity contribution in [2.45, 2.75) is 20.8 Å². The highest BCUT2D eigenvalue weighted by Gasteiger charge is 2.23. The third-order valence-electron chi connectivity index (χ3n) is 1.93. The second-order valence-corrected chi connectivity index (χ2v) is 5.30. The van der Waals surface area contributed by atoms with Crippen molar-refractivity contribution >= 4 is 27.5 Å². The molecule has 88 valence electrons. The molecule has 1 aromatic rings. The minimum atomic E-state index is -0.801. The van der Waals surface area contributed by atoms with Gasteiger partial charge in [0.15, 0.2) is 5.82 Å². The largest absolute Gasteiger partial charge is 0.322 e. The van der Waals surface area contributed by atoms with Gasteiger partial charge in [-0.15, -0.1) is 0 Å². The first-order chi connectivity index (χ1) is 7.21. The Hall–Kier alpha value is -0.970. The second-order valence-electron chi connectivity index (χ2n) is 4.45. The van der Waals surface area contributed by atoms with Gasteiger partial charge in [-0.2, -0.15) is 0 Å². The Labute approximate surface area is 101 Å². The van der Waals surface area contributed by atoms with Crippen LogP contribution in [-0.4, -0.2) is 5.91 Å². The van der Waals surface area contributed by atoms with Gasteiger partial charge >= 0.3 is 0 Å². The summed E-state index contributed by atoms with van der Waals surface area (Å²) < 4.78 is 26.4. The zero-order valence-electron chi connectivity index (χ0n) is 9.20. The second kappa shape index (κ2) is 4.49. The van der Waals surface area contributed by atoms with Crippen molar-refractivity contribution in [3.63, 3.8) is 0 Å². The molecule has 1 amide bonds. The minimum absolute atomic E-state index is 0.0404. The summed E-state index contributed by atoms with van der Waals surface area (Å²) in [5, 5.41) is 2.42. The zero-order chi connectivity index (χ0) is 12.5. The van der Waals surface area contributed by atoms with Crippen LogP contribution in [0.2, 0.25) is 0 Å². The first-order valence-electron chi connectivity index (χ1n) is 4.68. The monoisotopic (exact) mass is 291 g/mol. The molecule has 16 heavy (non-hydrogen) atoms. The molecule has 0 aliphatic carbocycles. The highest BCUT2D eigenvalue weighted by Crippen LogP contribution is 2.28. The van der Waals surface area contributed by atoms with E-state index >= 15 is 0 Å². The van der Waals surface area contributed by atoms with Crippen molar-refractivity contribution in [1.82, 2.24) is 0 Å². The fraction of sp³-hybridized carbons (Fsp3) is 0.364. The molecular weight excluding hydrogens is 280 g/mol. The van der Waals surface area contributed by atoms with Gasteiger partial charge < -0.3 is 5.32 Å². The van der Waals surface area contributed by atoms with Crippen molar-refractivity contribution in [3.05, 3.63) is 28.2 Å². The number of rotatable bonds is 1. The van der Waals surface area contributed by atoms with E-state index in [2.05, 4.69) is 21.2 Å². The number of anilines is 1. The molecule has 0 radical (unpaired) electrons. The first kappa shape index (κ1) is 13.1. The van der Waals surface area contributed by atoms with E-state index in [1.807, 2.05) is 0 Å². The molecule has 0 aromatic heterocycles. The Kier molecular flexibility index (Phi) is 3.68. The number of amides is 1. The molecule has 1 N–H and O–H groups in total. The van der Waals surface area contributed by atoms with Crippen LogP contribution in [0.25, 0.3) is 0 Å². The van der Waals surface area contributed by atoms with E-state index < -0.39 is 17.0 Å². The van der Waals surface area contributed by atoms with E-state index in [-0.39, 0.29) is 16.1 Å². The van der Waals surface area contributed by atoms with Gasteiger partial charge in [0.05, 0.1) is 5.69 Å². The Balaban J connectivity index is 3.03. The number of hydrogen-bond acceptors (Lipinski definition) is 1. The molecule has 0 aliphatic heterocycles. The summed E-state index contributed by atoms with van der Waals surface area (Å²) in [4.78, 5) is 11.6. The van der Waals surface area contributed by atoms with Crippen LogP contribution in [0.15, 0.2) is 16.6 Å². The summed E-state index contributed by atoms with van der Waals surface area (Å²) >= 11 is 3.00. The Morgan fingerprint density at radius 3 is 2.31 bits per heavy atom. The molecule has 0 atom stereocenters. The number of carbonyl (C=O) groups is 1. The van der Waals surface area contributed by atoms with E-state index in [9.17, 15) is 13.6 Å². The maximum Gasteiger partial charge on any atom is 0.229 e. The zero-order valence-corrected chi connectivity index (χ0v) is 10.8. The molecule has 0 saturated heterocycles. The summed E-state index contributed by atoms with van der Waals surface area (Å²) in [6.45, 7) is 5.12. The maximum atomic E-state index is 13.4. The average Bonchev–Trinajstić information content (AvgIpc) is 2.08. The van der Waals surface area contributed by atoms with Crippen LogP contribution >= 0.6 is 15.9 Å². The van der Waals surface area contributed by atoms with Gasteiger partial charge in [0.2, 0.25) is 5.91 Å². The summed E-state index contributed by atoms with van der Waals surface area (Å²) in [6, 6.07) is 1.82. The number of nitrogens with one attached hydrogen (secondary N) is 1. The lowest BCUT2D eigenvalue weighted by atomic mass is 9.95. The lowest BCUT2D eigenvalue weighted by Gasteiger charge is -2.18. The van der Waals surface area contributed by atoms with E-state index in [1.54, 1.807) is 20.8 Å². The van der Waals surface area contributed by atoms with E-state index in [0.29, 0.717) is 0 Å². The highest BCUT2D eigenvalue weighted by atomic mass is 79.9. The molecule has 2 nitrogen and oxygen atoms in total. The molecular formula is C11H12BrF2NO. The van der Waals surface area contributed by atoms with Crippen molar-refractivity contribution in [3.8, 4) is 0 Å². The number of benzene rings is 1. The fourth-order valence-corrected chi connectivity index (χ4v) is 1.47. The van der Waals surface area contributed by atoms with Gasteiger partial charge in [-0.25, -0.2) is 8.78 Å². The molecule has 0 aliphatic rings. The molecule has 0 fully saturated rings. The molecule has 5 heteroatoms. The van der Waals surface area contributed by atoms with Crippen molar-refractivity contribution in [2.24, 2.45) is 5.41 Å². The van der Waals surface area contributed by atoms with Crippen molar-refractivity contribution < 1.29 is 13.6 Å². The van der Waals surface area contributed by atoms with Gasteiger partial charge in [0.25, 0.3) is 0 Å². The lowest BCUT2D eigenvalue weighted by molar-refractivity contribution is -0.123. The Morgan fingerprint density at radius 2 is 1.88 bits per heavy atom. The fourth-order valence-electron chi connectivity index (χ4n) is 0.963. The summed E-state index contributed by atoms with van der Waals surface area (Å²) in [6.07, 6.45) is 0. The SMILES string of the molecule is CC(C)(C)C(=O)Nc1c(F)cc(F)cc1Br. The van der Waals surface area contributed by atoms with E-state index in [4.69, 9.17) is 0 Å². The molecule has 0 spiro atoms. The van der Waals surface area contributed by atoms with Crippen LogP contribution in [0.4, 0.5) is 14.5 Å². The predicted octanol–water partition coefficient (Wildman–Crippen LogP) is 3.71. The van der Waals surface area contributed by atoms with Crippen LogP contribution in [0.5, 0.6) is 0 Å². The topological polar surface area (TPSA) is 29.1 Å². The number of halogens is 3. The van der Waals surface area contributed by atoms with E-state index in [0.717, 1.165) is 12.1 Å². The minimum Gasteiger partial charge on any atom is -0.322 e. The first-order valence-corrected chi connectivity index (χ1v) is 5.47. The molecule has 1 rings (SSSR count). The van der Waals surface area contributed by atoms with Crippen molar-refractivity contribution in [2.75, 3.05) is 5.32 Å². The Bertz CT molecular complexity index is 403. The molecule has 1 aromatic carbocycles. The molecule has 0 unspecified atom stereocenters. The smallest absolute Gasteiger partial charge is 0.229 e. The third-order valence-corrected chi connectivity index (χ3v) is 2.55. The van der Waals surface area contributed by atoms with Gasteiger partial charge in [0, 0.05) is 16.0 Å². The maximum absolute atomic E-state index is 13.4. The number of carbonyl (C=O) groups excluding carboxylic acids is 1. The van der Waals surface area contributed by atoms with Gasteiger partial charge in [-0.05, 0) is 22.0 Å². The summed E-state index contributed by atoms with van der Waals surface area (Å²) in [5.74, 6) is -1.83. The molecule has 0 heterocycles. The Morgan fingerprint density at radius 1 is 1.31 bits per heavy atom. The van der Waals surface area contributed by atoms with Gasteiger partial charge in [-0.3, -0.25) is 4.79 Å².